The van der Waals surface area contributed by atoms with Gasteiger partial charge in [-0.05, 0) is 18.2 Å². The summed E-state index contributed by atoms with van der Waals surface area (Å²) < 4.78 is 6.64. The van der Waals surface area contributed by atoms with Crippen LogP contribution in [0.15, 0.2) is 41.3 Å². The predicted octanol–water partition coefficient (Wildman–Crippen LogP) is 0.593. The Labute approximate surface area is 137 Å². The predicted molar refractivity (Wildman–Crippen MR) is 82.6 cm³/mol. The summed E-state index contributed by atoms with van der Waals surface area (Å²) in [6.07, 6.45) is 4.81. The lowest BCUT2D eigenvalue weighted by atomic mass is 10.3. The molecule has 0 radical (unpaired) electrons. The molecule has 24 heavy (non-hydrogen) atoms. The molecule has 9 nitrogen and oxygen atoms in total. The first-order valence-electron chi connectivity index (χ1n) is 7.30. The van der Waals surface area contributed by atoms with Crippen LogP contribution in [0.25, 0.3) is 11.4 Å². The number of pyridine rings is 1. The molecule has 9 heteroatoms. The summed E-state index contributed by atoms with van der Waals surface area (Å²) in [4.78, 5) is 22.2. The van der Waals surface area contributed by atoms with Crippen molar-refractivity contribution in [1.29, 1.82) is 0 Å². The molecule has 0 bridgehead atoms. The Bertz CT molecular complexity index is 813. The molecule has 0 aromatic carbocycles. The lowest BCUT2D eigenvalue weighted by Gasteiger charge is -2.15. The number of carbonyl (C=O) groups excluding carboxylic acids is 1. The van der Waals surface area contributed by atoms with Crippen molar-refractivity contribution >= 4 is 5.91 Å². The van der Waals surface area contributed by atoms with Gasteiger partial charge in [-0.15, -0.1) is 0 Å². The van der Waals surface area contributed by atoms with E-state index in [1.807, 2.05) is 6.07 Å². The van der Waals surface area contributed by atoms with E-state index in [0.717, 1.165) is 5.56 Å². The van der Waals surface area contributed by atoms with Crippen LogP contribution in [-0.4, -0.2) is 54.5 Å². The van der Waals surface area contributed by atoms with Gasteiger partial charge in [0.2, 0.25) is 11.7 Å². The van der Waals surface area contributed by atoms with E-state index in [4.69, 9.17) is 9.63 Å². The van der Waals surface area contributed by atoms with Gasteiger partial charge in [0.05, 0.1) is 13.2 Å². The Balaban J connectivity index is 1.71. The summed E-state index contributed by atoms with van der Waals surface area (Å²) in [5.41, 5.74) is 1.13. The second kappa shape index (κ2) is 7.01. The summed E-state index contributed by atoms with van der Waals surface area (Å²) in [6.45, 7) is 0.327. The molecule has 124 valence electrons. The third-order valence-electron chi connectivity index (χ3n) is 3.35. The Kier molecular flexibility index (Phi) is 4.62. The van der Waals surface area contributed by atoms with Gasteiger partial charge in [0.1, 0.15) is 12.2 Å². The Hall–Kier alpha value is -3.07. The van der Waals surface area contributed by atoms with Crippen LogP contribution >= 0.6 is 0 Å². The minimum absolute atomic E-state index is 0.0934. The number of rotatable bonds is 6. The maximum Gasteiger partial charge on any atom is 0.272 e. The van der Waals surface area contributed by atoms with Crippen LogP contribution in [0.3, 0.4) is 0 Å². The molecule has 3 aromatic rings. The monoisotopic (exact) mass is 328 g/mol. The van der Waals surface area contributed by atoms with Gasteiger partial charge in [-0.3, -0.25) is 14.5 Å². The van der Waals surface area contributed by atoms with Crippen molar-refractivity contribution < 1.29 is 14.4 Å². The fourth-order valence-electron chi connectivity index (χ4n) is 2.19. The zero-order valence-corrected chi connectivity index (χ0v) is 13.0. The minimum Gasteiger partial charge on any atom is -0.394 e. The van der Waals surface area contributed by atoms with Gasteiger partial charge in [-0.25, -0.2) is 0 Å². The molecule has 3 heterocycles. The zero-order chi connectivity index (χ0) is 16.9. The first-order valence-corrected chi connectivity index (χ1v) is 7.30. The van der Waals surface area contributed by atoms with E-state index in [-0.39, 0.29) is 25.6 Å². The second-order valence-corrected chi connectivity index (χ2v) is 5.08. The van der Waals surface area contributed by atoms with Gasteiger partial charge >= 0.3 is 0 Å². The molecule has 0 aliphatic rings. The number of amides is 1. The van der Waals surface area contributed by atoms with Gasteiger partial charge in [-0.1, -0.05) is 5.16 Å². The van der Waals surface area contributed by atoms with E-state index in [1.165, 1.54) is 15.8 Å². The number of nitrogens with zero attached hydrogens (tertiary/aromatic N) is 6. The highest BCUT2D eigenvalue weighted by atomic mass is 16.5. The molecule has 0 saturated heterocycles. The second-order valence-electron chi connectivity index (χ2n) is 5.08. The topological polar surface area (TPSA) is 110 Å². The van der Waals surface area contributed by atoms with Crippen LogP contribution < -0.4 is 0 Å². The third-order valence-corrected chi connectivity index (χ3v) is 3.35. The lowest BCUT2D eigenvalue weighted by molar-refractivity contribution is 0.0755. The van der Waals surface area contributed by atoms with E-state index >= 15 is 0 Å². The normalized spacial score (nSPS) is 10.8. The van der Waals surface area contributed by atoms with Crippen molar-refractivity contribution in [3.8, 4) is 11.4 Å². The summed E-state index contributed by atoms with van der Waals surface area (Å²) in [5, 5.41) is 16.9. The molecule has 1 amide bonds. The molecular weight excluding hydrogens is 312 g/mol. The van der Waals surface area contributed by atoms with Crippen molar-refractivity contribution in [1.82, 2.24) is 29.8 Å². The zero-order valence-electron chi connectivity index (χ0n) is 13.0. The summed E-state index contributed by atoms with van der Waals surface area (Å²) in [6, 6.07) is 5.21. The van der Waals surface area contributed by atoms with Crippen molar-refractivity contribution in [3.63, 3.8) is 0 Å². The van der Waals surface area contributed by atoms with E-state index in [9.17, 15) is 4.79 Å². The molecule has 0 unspecified atom stereocenters. The van der Waals surface area contributed by atoms with E-state index < -0.39 is 0 Å². The van der Waals surface area contributed by atoms with Gasteiger partial charge in [0, 0.05) is 31.2 Å². The van der Waals surface area contributed by atoms with Crippen molar-refractivity contribution in [2.24, 2.45) is 0 Å². The summed E-state index contributed by atoms with van der Waals surface area (Å²) in [7, 11) is 1.63. The SMILES string of the molecule is CN(Cc1nc(-c2cccnc2)no1)C(=O)c1ccnn1CCO. The van der Waals surface area contributed by atoms with Crippen LogP contribution in [0.2, 0.25) is 0 Å². The molecule has 3 aromatic heterocycles. The minimum atomic E-state index is -0.248. The van der Waals surface area contributed by atoms with Gasteiger partial charge in [0.15, 0.2) is 0 Å². The van der Waals surface area contributed by atoms with Gasteiger partial charge in [0.25, 0.3) is 5.91 Å². The quantitative estimate of drug-likeness (QED) is 0.705. The maximum atomic E-state index is 12.5. The molecule has 1 N–H and O–H groups in total. The summed E-state index contributed by atoms with van der Waals surface area (Å²) in [5.74, 6) is 0.490. The molecule has 0 atom stereocenters. The number of hydrogen-bond donors (Lipinski definition) is 1. The van der Waals surface area contributed by atoms with Crippen LogP contribution in [0, 0.1) is 0 Å². The Morgan fingerprint density at radius 2 is 2.25 bits per heavy atom. The highest BCUT2D eigenvalue weighted by Gasteiger charge is 2.19. The molecule has 0 aliphatic carbocycles. The molecule has 0 aliphatic heterocycles. The van der Waals surface area contributed by atoms with Crippen LogP contribution in [0.4, 0.5) is 0 Å². The third kappa shape index (κ3) is 3.30. The Morgan fingerprint density at radius 3 is 3.00 bits per heavy atom. The molecule has 3 rings (SSSR count). The fourth-order valence-corrected chi connectivity index (χ4v) is 2.19. The maximum absolute atomic E-state index is 12.5. The molecular formula is C15H16N6O3. The summed E-state index contributed by atoms with van der Waals surface area (Å²) >= 11 is 0. The van der Waals surface area contributed by atoms with E-state index in [0.29, 0.717) is 17.4 Å². The lowest BCUT2D eigenvalue weighted by Crippen LogP contribution is -2.29. The number of aliphatic hydroxyl groups is 1. The molecule has 0 fully saturated rings. The average molecular weight is 328 g/mol. The van der Waals surface area contributed by atoms with Crippen LogP contribution in [0.5, 0.6) is 0 Å². The smallest absolute Gasteiger partial charge is 0.272 e. The first kappa shape index (κ1) is 15.8. The number of aromatic nitrogens is 5. The highest BCUT2D eigenvalue weighted by Crippen LogP contribution is 2.15. The largest absolute Gasteiger partial charge is 0.394 e. The molecule has 0 spiro atoms. The molecule has 0 saturated carbocycles. The number of aliphatic hydroxyl groups excluding tert-OH is 1. The fraction of sp³-hybridized carbons (Fsp3) is 0.267. The van der Waals surface area contributed by atoms with Crippen molar-refractivity contribution in [2.75, 3.05) is 13.7 Å². The average Bonchev–Trinajstić information content (AvgIpc) is 3.25. The van der Waals surface area contributed by atoms with Gasteiger partial charge in [-0.2, -0.15) is 10.1 Å². The van der Waals surface area contributed by atoms with E-state index in [1.54, 1.807) is 31.6 Å². The van der Waals surface area contributed by atoms with Crippen LogP contribution in [0.1, 0.15) is 16.4 Å². The highest BCUT2D eigenvalue weighted by molar-refractivity contribution is 5.92. The van der Waals surface area contributed by atoms with Gasteiger partial charge < -0.3 is 14.5 Å². The Morgan fingerprint density at radius 1 is 1.38 bits per heavy atom. The van der Waals surface area contributed by atoms with E-state index in [2.05, 4.69) is 20.2 Å². The van der Waals surface area contributed by atoms with Crippen molar-refractivity contribution in [3.05, 3.63) is 48.4 Å². The standard InChI is InChI=1S/C15H16N6O3/c1-20(15(23)12-4-6-17-21(12)7-8-22)10-13-18-14(19-24-13)11-3-2-5-16-9-11/h2-6,9,22H,7-8,10H2,1H3. The number of hydrogen-bond acceptors (Lipinski definition) is 7. The first-order chi connectivity index (χ1) is 11.7. The number of carbonyl (C=O) groups is 1. The van der Waals surface area contributed by atoms with Crippen LogP contribution in [-0.2, 0) is 13.1 Å². The van der Waals surface area contributed by atoms with Crippen molar-refractivity contribution in [2.45, 2.75) is 13.1 Å².